The normalized spacial score (nSPS) is 21.0. The second-order valence-corrected chi connectivity index (χ2v) is 29.4. The number of β-amino-alcohol motifs (C(OH)–C–C–N with tert-alkyl or cyclic N) is 1. The number of halogens is 3. The first-order chi connectivity index (χ1) is 46.6. The lowest BCUT2D eigenvalue weighted by Gasteiger charge is -2.36. The number of piperazine rings is 2. The highest BCUT2D eigenvalue weighted by atomic mass is 32.1. The van der Waals surface area contributed by atoms with Crippen LogP contribution in [0.15, 0.2) is 60.2 Å². The Morgan fingerprint density at radius 2 is 1.51 bits per heavy atom. The van der Waals surface area contributed by atoms with Gasteiger partial charge in [-0.25, -0.2) is 18.2 Å². The monoisotopic (exact) mass is 1350 g/mol. The third-order valence-corrected chi connectivity index (χ3v) is 21.4. The lowest BCUT2D eigenvalue weighted by molar-refractivity contribution is -0.145. The highest BCUT2D eigenvalue weighted by Crippen LogP contribution is 2.42. The Bertz CT molecular complexity index is 3920. The molecule has 0 spiro atoms. The van der Waals surface area contributed by atoms with Crippen molar-refractivity contribution in [3.05, 3.63) is 88.7 Å². The number of unbranched alkanes of at least 4 members (excludes halogenated alkanes) is 7. The zero-order valence-corrected chi connectivity index (χ0v) is 56.7. The summed E-state index contributed by atoms with van der Waals surface area (Å²) in [7, 11) is 0. The van der Waals surface area contributed by atoms with E-state index in [4.69, 9.17) is 21.1 Å². The Morgan fingerprint density at radius 1 is 0.835 bits per heavy atom. The number of nitrogens with one attached hydrogen (secondary N) is 3. The number of nitrogens with zero attached hydrogens (tertiary/aromatic N) is 9. The fourth-order valence-corrected chi connectivity index (χ4v) is 15.5. The predicted octanol–water partition coefficient (Wildman–Crippen LogP) is 9.45. The summed E-state index contributed by atoms with van der Waals surface area (Å²) in [6.07, 6.45) is 18.5. The van der Waals surface area contributed by atoms with Crippen LogP contribution < -0.4 is 25.6 Å². The van der Waals surface area contributed by atoms with Crippen molar-refractivity contribution in [1.82, 2.24) is 55.5 Å². The molecular formula is C73H89F3N12O8S. The van der Waals surface area contributed by atoms with E-state index in [2.05, 4.69) is 41.6 Å². The van der Waals surface area contributed by atoms with E-state index in [1.807, 2.05) is 36.1 Å². The number of rotatable bonds is 24. The van der Waals surface area contributed by atoms with Crippen LogP contribution in [0.1, 0.15) is 153 Å². The number of amides is 5. The molecule has 1 aliphatic carbocycles. The van der Waals surface area contributed by atoms with Crippen molar-refractivity contribution in [3.63, 3.8) is 0 Å². The van der Waals surface area contributed by atoms with Crippen LogP contribution in [0.3, 0.4) is 0 Å². The maximum absolute atomic E-state index is 17.1. The molecule has 1 saturated carbocycles. The molecule has 6 aliphatic rings. The molecule has 5 amide bonds. The summed E-state index contributed by atoms with van der Waals surface area (Å²) in [4.78, 5) is 98.2. The number of hydrogen-bond donors (Lipinski definition) is 5. The number of aromatic hydroxyl groups is 1. The first-order valence-corrected chi connectivity index (χ1v) is 35.5. The number of likely N-dealkylation sites (tertiary alicyclic amines) is 2. The van der Waals surface area contributed by atoms with Gasteiger partial charge in [-0.3, -0.25) is 29.0 Å². The summed E-state index contributed by atoms with van der Waals surface area (Å²) < 4.78 is 53.6. The van der Waals surface area contributed by atoms with Gasteiger partial charge in [-0.15, -0.1) is 17.8 Å². The Balaban J connectivity index is 0.569. The topological polar surface area (TPSA) is 239 Å². The Labute approximate surface area is 568 Å². The zero-order chi connectivity index (χ0) is 68.3. The van der Waals surface area contributed by atoms with E-state index in [0.717, 1.165) is 113 Å². The van der Waals surface area contributed by atoms with Gasteiger partial charge in [0, 0.05) is 101 Å². The van der Waals surface area contributed by atoms with Crippen LogP contribution in [0.5, 0.6) is 11.8 Å². The van der Waals surface area contributed by atoms with Crippen molar-refractivity contribution >= 4 is 68.4 Å². The molecular weight excluding hydrogens is 1260 g/mol. The van der Waals surface area contributed by atoms with Gasteiger partial charge in [0.2, 0.25) is 23.6 Å². The quantitative estimate of drug-likeness (QED) is 0.0280. The standard InChI is InChI=1S/C73H89F3N12O8S/c1-6-53-56(74)23-20-47-35-50(89)36-54(61(47)53)63-62(75)64-55(39-77-63)67(87-40-48-21-22-49(41-87)79-48)83-71(81-64)96-52-24-29-84(30-25-52)28-14-12-10-8-7-9-11-13-15-59(91)85-31-33-86(34-32-85)60(92)38-57(45-16-18-46(19-17-45)65-44(2)78-43-97-65)80-68(93)58-37-51(90)42-88(58)69(94)66(72(3,4)5)82-70(95)73(76)26-27-73/h1,16-20,23,35-36,39,43,48-49,51-52,57-58,66,79,89-90H,7-15,21-22,24-34,37-38,40-42H2,2-5H3,(H,80,93)(H,82,95)/t48?,49?,51-,57+,58+,66-/m1/s1. The number of thiazole rings is 1. The van der Waals surface area contributed by atoms with Gasteiger partial charge < -0.3 is 55.4 Å². The van der Waals surface area contributed by atoms with E-state index < -0.39 is 64.7 Å². The lowest BCUT2D eigenvalue weighted by Crippen LogP contribution is -2.59. The molecule has 516 valence electrons. The number of alkyl halides is 1. The van der Waals surface area contributed by atoms with Gasteiger partial charge >= 0.3 is 6.01 Å². The van der Waals surface area contributed by atoms with Gasteiger partial charge in [0.05, 0.1) is 45.6 Å². The number of carbonyl (C=O) groups is 5. The molecule has 5 saturated heterocycles. The molecule has 6 atom stereocenters. The fourth-order valence-electron chi connectivity index (χ4n) is 14.6. The lowest BCUT2D eigenvalue weighted by atomic mass is 9.85. The number of anilines is 1. The molecule has 6 fully saturated rings. The maximum Gasteiger partial charge on any atom is 0.319 e. The predicted molar refractivity (Wildman–Crippen MR) is 365 cm³/mol. The van der Waals surface area contributed by atoms with E-state index in [1.54, 1.807) is 37.4 Å². The minimum absolute atomic E-state index is 0.0234. The van der Waals surface area contributed by atoms with Crippen LogP contribution in [0.4, 0.5) is 19.0 Å². The largest absolute Gasteiger partial charge is 0.508 e. The van der Waals surface area contributed by atoms with Crippen LogP contribution in [-0.2, 0) is 24.0 Å². The highest BCUT2D eigenvalue weighted by molar-refractivity contribution is 7.13. The molecule has 3 aromatic carbocycles. The van der Waals surface area contributed by atoms with Crippen molar-refractivity contribution in [2.24, 2.45) is 5.41 Å². The number of carbonyl (C=O) groups excluding carboxylic acids is 5. The molecule has 20 nitrogen and oxygen atoms in total. The first-order valence-electron chi connectivity index (χ1n) is 34.6. The summed E-state index contributed by atoms with van der Waals surface area (Å²) in [6, 6.07) is 10.6. The Kier molecular flexibility index (Phi) is 21.0. The van der Waals surface area contributed by atoms with Crippen LogP contribution in [0.25, 0.3) is 43.4 Å². The van der Waals surface area contributed by atoms with Crippen LogP contribution in [0.2, 0.25) is 0 Å². The van der Waals surface area contributed by atoms with Crippen LogP contribution in [0, 0.1) is 36.3 Å². The number of benzene rings is 3. The second kappa shape index (κ2) is 29.6. The molecule has 2 unspecified atom stereocenters. The molecule has 2 bridgehead atoms. The van der Waals surface area contributed by atoms with Gasteiger partial charge in [0.1, 0.15) is 46.8 Å². The Hall–Kier alpha value is -7.98. The number of aliphatic hydroxyl groups excluding tert-OH is 1. The van der Waals surface area contributed by atoms with E-state index in [-0.39, 0.29) is 102 Å². The SMILES string of the molecule is C#Cc1c(F)ccc2cc(O)cc(-c3ncc4c(N5CC6CCC(C5)N6)nc(OC5CCN(CCCCCCCCCCC(=O)N6CCN(C(=O)C[C@H](NC(=O)[C@@H]7C[C@@H](O)CN7C(=O)[C@@H](NC(=O)C7(F)CC7)C(C)(C)C)c7ccc(-c8scnc8C)cc7)CC6)CC5)nc4c3F)c12. The maximum atomic E-state index is 17.1. The van der Waals surface area contributed by atoms with Gasteiger partial charge in [-0.1, -0.05) is 95.5 Å². The van der Waals surface area contributed by atoms with Crippen molar-refractivity contribution in [3.8, 4) is 45.8 Å². The first kappa shape index (κ1) is 68.9. The number of aromatic nitrogens is 4. The summed E-state index contributed by atoms with van der Waals surface area (Å²) in [5.41, 5.74) is 1.38. The molecule has 6 aromatic rings. The smallest absolute Gasteiger partial charge is 0.319 e. The number of fused-ring (bicyclic) bond motifs is 4. The minimum atomic E-state index is -2.02. The molecule has 0 radical (unpaired) electrons. The number of ether oxygens (including phenoxy) is 1. The number of pyridine rings is 1. The van der Waals surface area contributed by atoms with Crippen molar-refractivity contribution in [1.29, 1.82) is 0 Å². The number of aryl methyl sites for hydroxylation is 1. The number of phenols is 1. The molecule has 12 rings (SSSR count). The number of phenolic OH excluding ortho intramolecular Hbond substituents is 1. The third-order valence-electron chi connectivity index (χ3n) is 20.4. The van der Waals surface area contributed by atoms with Gasteiger partial charge in [0.25, 0.3) is 5.91 Å². The molecule has 24 heteroatoms. The van der Waals surface area contributed by atoms with Crippen LogP contribution >= 0.6 is 11.3 Å². The van der Waals surface area contributed by atoms with E-state index in [0.29, 0.717) is 67.8 Å². The summed E-state index contributed by atoms with van der Waals surface area (Å²) in [5.74, 6) is -0.739. The fraction of sp³-hybridized carbons (Fsp3) is 0.548. The highest BCUT2D eigenvalue weighted by Gasteiger charge is 2.54. The Morgan fingerprint density at radius 3 is 2.15 bits per heavy atom. The number of aliphatic hydroxyl groups is 1. The van der Waals surface area contributed by atoms with Gasteiger partial charge in [-0.2, -0.15) is 9.97 Å². The van der Waals surface area contributed by atoms with E-state index in [1.165, 1.54) is 40.5 Å². The minimum Gasteiger partial charge on any atom is -0.508 e. The summed E-state index contributed by atoms with van der Waals surface area (Å²) in [6.45, 7) is 12.5. The van der Waals surface area contributed by atoms with Crippen molar-refractivity contribution in [2.75, 3.05) is 70.3 Å². The van der Waals surface area contributed by atoms with Crippen molar-refractivity contribution in [2.45, 2.75) is 185 Å². The van der Waals surface area contributed by atoms with Crippen molar-refractivity contribution < 1.29 is 52.1 Å². The average Bonchev–Trinajstić information content (AvgIpc) is 1.33. The average molecular weight is 1350 g/mol. The molecule has 3 aromatic heterocycles. The zero-order valence-electron chi connectivity index (χ0n) is 55.9. The second-order valence-electron chi connectivity index (χ2n) is 28.5. The van der Waals surface area contributed by atoms with Crippen LogP contribution in [-0.4, -0.2) is 187 Å². The summed E-state index contributed by atoms with van der Waals surface area (Å²) in [5, 5.41) is 32.0. The van der Waals surface area contributed by atoms with Gasteiger partial charge in [0.15, 0.2) is 11.5 Å². The third kappa shape index (κ3) is 15.8. The van der Waals surface area contributed by atoms with Gasteiger partial charge in [-0.05, 0) is 105 Å². The van der Waals surface area contributed by atoms with E-state index >= 15 is 8.78 Å². The number of piperidine rings is 1. The molecule has 5 N–H and O–H groups in total. The number of hydrogen-bond acceptors (Lipinski definition) is 16. The van der Waals surface area contributed by atoms with E-state index in [9.17, 15) is 38.6 Å². The number of terminal acetylenes is 1. The molecule has 5 aliphatic heterocycles. The summed E-state index contributed by atoms with van der Waals surface area (Å²) >= 11 is 1.51. The molecule has 8 heterocycles. The molecule has 97 heavy (non-hydrogen) atoms.